The van der Waals surface area contributed by atoms with Crippen LogP contribution in [0.5, 0.6) is 11.5 Å². The van der Waals surface area contributed by atoms with E-state index in [1.54, 1.807) is 12.1 Å². The highest BCUT2D eigenvalue weighted by Gasteiger charge is 2.11. The van der Waals surface area contributed by atoms with Crippen LogP contribution in [-0.2, 0) is 6.61 Å². The number of para-hydroxylation sites is 2. The molecule has 3 aromatic carbocycles. The van der Waals surface area contributed by atoms with E-state index >= 15 is 0 Å². The normalized spacial score (nSPS) is 10.3. The van der Waals surface area contributed by atoms with Crippen molar-refractivity contribution in [1.29, 1.82) is 0 Å². The van der Waals surface area contributed by atoms with Crippen LogP contribution in [0.2, 0.25) is 0 Å². The number of anilines is 1. The first-order valence-corrected chi connectivity index (χ1v) is 9.56. The summed E-state index contributed by atoms with van der Waals surface area (Å²) in [7, 11) is 0. The molecule has 0 heterocycles. The maximum atomic E-state index is 12.7. The first-order chi connectivity index (χ1) is 13.8. The first-order valence-electron chi connectivity index (χ1n) is 9.56. The molecule has 1 N–H and O–H groups in total. The molecule has 0 aliphatic carbocycles. The number of ether oxygens (including phenoxy) is 2. The lowest BCUT2D eigenvalue weighted by Gasteiger charge is -2.13. The van der Waals surface area contributed by atoms with E-state index in [1.807, 2.05) is 66.7 Å². The van der Waals surface area contributed by atoms with Gasteiger partial charge in [0.05, 0.1) is 12.3 Å². The Morgan fingerprint density at radius 2 is 1.68 bits per heavy atom. The van der Waals surface area contributed by atoms with E-state index in [1.165, 1.54) is 0 Å². The molecular weight excluding hydrogens is 350 g/mol. The largest absolute Gasteiger partial charge is 0.494 e. The van der Waals surface area contributed by atoms with Crippen LogP contribution in [0.15, 0.2) is 78.9 Å². The van der Waals surface area contributed by atoms with Crippen LogP contribution in [0.1, 0.15) is 35.7 Å². The minimum atomic E-state index is -0.197. The maximum absolute atomic E-state index is 12.7. The van der Waals surface area contributed by atoms with Gasteiger partial charge in [-0.15, -0.1) is 0 Å². The highest BCUT2D eigenvalue weighted by Crippen LogP contribution is 2.26. The zero-order valence-corrected chi connectivity index (χ0v) is 16.1. The van der Waals surface area contributed by atoms with Gasteiger partial charge in [-0.1, -0.05) is 61.9 Å². The number of benzene rings is 3. The Kier molecular flexibility index (Phi) is 7.08. The van der Waals surface area contributed by atoms with Crippen molar-refractivity contribution in [3.05, 3.63) is 90.0 Å². The number of carbonyl (C=O) groups excluding carboxylic acids is 1. The Balaban J connectivity index is 1.66. The van der Waals surface area contributed by atoms with Gasteiger partial charge >= 0.3 is 0 Å². The molecule has 0 saturated heterocycles. The molecule has 0 spiro atoms. The van der Waals surface area contributed by atoms with Gasteiger partial charge in [0.15, 0.2) is 0 Å². The van der Waals surface area contributed by atoms with Crippen LogP contribution >= 0.6 is 0 Å². The summed E-state index contributed by atoms with van der Waals surface area (Å²) in [4.78, 5) is 12.7. The fourth-order valence-electron chi connectivity index (χ4n) is 2.69. The molecule has 4 nitrogen and oxygen atoms in total. The fraction of sp³-hybridized carbons (Fsp3) is 0.208. The molecule has 3 rings (SSSR count). The quantitative estimate of drug-likeness (QED) is 0.488. The minimum Gasteiger partial charge on any atom is -0.494 e. The summed E-state index contributed by atoms with van der Waals surface area (Å²) in [6, 6.07) is 24.6. The van der Waals surface area contributed by atoms with Gasteiger partial charge in [-0.25, -0.2) is 0 Å². The van der Waals surface area contributed by atoms with Gasteiger partial charge in [0.25, 0.3) is 5.91 Å². The van der Waals surface area contributed by atoms with Crippen molar-refractivity contribution in [3.8, 4) is 11.5 Å². The molecule has 0 aliphatic heterocycles. The van der Waals surface area contributed by atoms with Crippen LogP contribution in [0.3, 0.4) is 0 Å². The molecule has 4 heteroatoms. The molecule has 144 valence electrons. The first kappa shape index (κ1) is 19.5. The maximum Gasteiger partial charge on any atom is 0.255 e. The standard InChI is InChI=1S/C24H25NO3/c1-2-3-16-27-21-13-9-12-20(17-21)24(26)25-22-14-7-8-15-23(22)28-18-19-10-5-4-6-11-19/h4-15,17H,2-3,16,18H2,1H3,(H,25,26). The number of rotatable bonds is 9. The lowest BCUT2D eigenvalue weighted by atomic mass is 10.2. The lowest BCUT2D eigenvalue weighted by molar-refractivity contribution is 0.102. The predicted molar refractivity (Wildman–Crippen MR) is 112 cm³/mol. The second kappa shape index (κ2) is 10.2. The SMILES string of the molecule is CCCCOc1cccc(C(=O)Nc2ccccc2OCc2ccccc2)c1. The molecule has 0 unspecified atom stereocenters. The van der Waals surface area contributed by atoms with Crippen molar-refractivity contribution in [1.82, 2.24) is 0 Å². The number of hydrogen-bond donors (Lipinski definition) is 1. The van der Waals surface area contributed by atoms with Crippen LogP contribution < -0.4 is 14.8 Å². The Morgan fingerprint density at radius 1 is 0.893 bits per heavy atom. The van der Waals surface area contributed by atoms with Crippen LogP contribution in [0.25, 0.3) is 0 Å². The van der Waals surface area contributed by atoms with Crippen LogP contribution in [-0.4, -0.2) is 12.5 Å². The number of carbonyl (C=O) groups is 1. The van der Waals surface area contributed by atoms with Crippen LogP contribution in [0, 0.1) is 0 Å². The van der Waals surface area contributed by atoms with Gasteiger partial charge in [0.1, 0.15) is 18.1 Å². The monoisotopic (exact) mass is 375 g/mol. The molecule has 0 radical (unpaired) electrons. The van der Waals surface area contributed by atoms with Gasteiger partial charge in [0, 0.05) is 5.56 Å². The Bertz CT molecular complexity index is 893. The molecule has 0 saturated carbocycles. The summed E-state index contributed by atoms with van der Waals surface area (Å²) < 4.78 is 11.6. The van der Waals surface area contributed by atoms with E-state index in [9.17, 15) is 4.79 Å². The number of nitrogens with one attached hydrogen (secondary N) is 1. The Labute approximate surface area is 166 Å². The summed E-state index contributed by atoms with van der Waals surface area (Å²) >= 11 is 0. The second-order valence-corrected chi connectivity index (χ2v) is 6.45. The summed E-state index contributed by atoms with van der Waals surface area (Å²) in [6.45, 7) is 3.21. The Hall–Kier alpha value is -3.27. The fourth-order valence-corrected chi connectivity index (χ4v) is 2.69. The van der Waals surface area contributed by atoms with E-state index in [0.717, 1.165) is 18.4 Å². The van der Waals surface area contributed by atoms with Gasteiger partial charge in [0.2, 0.25) is 0 Å². The van der Waals surface area contributed by atoms with E-state index in [-0.39, 0.29) is 5.91 Å². The van der Waals surface area contributed by atoms with Gasteiger partial charge in [-0.2, -0.15) is 0 Å². The Morgan fingerprint density at radius 3 is 2.50 bits per heavy atom. The van der Waals surface area contributed by atoms with E-state index < -0.39 is 0 Å². The summed E-state index contributed by atoms with van der Waals surface area (Å²) in [6.07, 6.45) is 2.06. The third kappa shape index (κ3) is 5.61. The van der Waals surface area contributed by atoms with Crippen molar-refractivity contribution >= 4 is 11.6 Å². The highest BCUT2D eigenvalue weighted by atomic mass is 16.5. The summed E-state index contributed by atoms with van der Waals surface area (Å²) in [5.74, 6) is 1.14. The summed E-state index contributed by atoms with van der Waals surface area (Å²) in [5.41, 5.74) is 2.26. The predicted octanol–water partition coefficient (Wildman–Crippen LogP) is 5.70. The van der Waals surface area contributed by atoms with Gasteiger partial charge < -0.3 is 14.8 Å². The number of hydrogen-bond acceptors (Lipinski definition) is 3. The molecule has 3 aromatic rings. The van der Waals surface area contributed by atoms with Crippen molar-refractivity contribution in [2.75, 3.05) is 11.9 Å². The van der Waals surface area contributed by atoms with Crippen molar-refractivity contribution in [2.45, 2.75) is 26.4 Å². The number of amides is 1. The zero-order chi connectivity index (χ0) is 19.6. The molecular formula is C24H25NO3. The molecule has 0 bridgehead atoms. The van der Waals surface area contributed by atoms with E-state index in [0.29, 0.717) is 36.0 Å². The molecule has 0 atom stereocenters. The third-order valence-electron chi connectivity index (χ3n) is 4.24. The van der Waals surface area contributed by atoms with Crippen molar-refractivity contribution < 1.29 is 14.3 Å². The second-order valence-electron chi connectivity index (χ2n) is 6.45. The molecule has 1 amide bonds. The number of unbranched alkanes of at least 4 members (excludes halogenated alkanes) is 1. The van der Waals surface area contributed by atoms with E-state index in [2.05, 4.69) is 12.2 Å². The highest BCUT2D eigenvalue weighted by molar-refractivity contribution is 6.05. The average Bonchev–Trinajstić information content (AvgIpc) is 2.74. The van der Waals surface area contributed by atoms with Crippen molar-refractivity contribution in [3.63, 3.8) is 0 Å². The minimum absolute atomic E-state index is 0.197. The molecule has 0 aromatic heterocycles. The van der Waals surface area contributed by atoms with Gasteiger partial charge in [-0.3, -0.25) is 4.79 Å². The topological polar surface area (TPSA) is 47.6 Å². The average molecular weight is 375 g/mol. The van der Waals surface area contributed by atoms with E-state index in [4.69, 9.17) is 9.47 Å². The van der Waals surface area contributed by atoms with Gasteiger partial charge in [-0.05, 0) is 42.3 Å². The molecule has 28 heavy (non-hydrogen) atoms. The van der Waals surface area contributed by atoms with Crippen molar-refractivity contribution in [2.24, 2.45) is 0 Å². The van der Waals surface area contributed by atoms with Crippen LogP contribution in [0.4, 0.5) is 5.69 Å². The lowest BCUT2D eigenvalue weighted by Crippen LogP contribution is -2.13. The molecule has 0 fully saturated rings. The zero-order valence-electron chi connectivity index (χ0n) is 16.1. The molecule has 0 aliphatic rings. The smallest absolute Gasteiger partial charge is 0.255 e. The summed E-state index contributed by atoms with van der Waals surface area (Å²) in [5, 5.41) is 2.94. The third-order valence-corrected chi connectivity index (χ3v) is 4.24.